The van der Waals surface area contributed by atoms with Gasteiger partial charge in [0.15, 0.2) is 5.78 Å². The highest BCUT2D eigenvalue weighted by Crippen LogP contribution is 2.17. The van der Waals surface area contributed by atoms with Crippen LogP contribution in [0.2, 0.25) is 0 Å². The standard InChI is InChI=1S/C18H25N3O2/c1-5-10-19-11-15(22)16-17(12(2)3)20-21(18(16)23)14-8-6-13(4)7-9-14/h6-9,12,19-20H,5,10-11H2,1-4H3. The molecule has 5 heteroatoms. The number of hydrogen-bond acceptors (Lipinski definition) is 3. The monoisotopic (exact) mass is 315 g/mol. The number of aryl methyl sites for hydroxylation is 1. The zero-order valence-electron chi connectivity index (χ0n) is 14.3. The summed E-state index contributed by atoms with van der Waals surface area (Å²) in [7, 11) is 0. The van der Waals surface area contributed by atoms with E-state index >= 15 is 0 Å². The van der Waals surface area contributed by atoms with Gasteiger partial charge in [0.1, 0.15) is 5.56 Å². The van der Waals surface area contributed by atoms with Crippen molar-refractivity contribution >= 4 is 5.78 Å². The molecule has 0 spiro atoms. The van der Waals surface area contributed by atoms with Crippen LogP contribution in [-0.4, -0.2) is 28.7 Å². The van der Waals surface area contributed by atoms with E-state index in [1.165, 1.54) is 4.68 Å². The van der Waals surface area contributed by atoms with Crippen LogP contribution in [0.1, 0.15) is 54.7 Å². The quantitative estimate of drug-likeness (QED) is 0.610. The molecule has 1 aromatic carbocycles. The molecule has 124 valence electrons. The zero-order valence-corrected chi connectivity index (χ0v) is 14.3. The maximum absolute atomic E-state index is 12.7. The second kappa shape index (κ2) is 7.42. The predicted molar refractivity (Wildman–Crippen MR) is 92.7 cm³/mol. The van der Waals surface area contributed by atoms with E-state index in [4.69, 9.17) is 0 Å². The summed E-state index contributed by atoms with van der Waals surface area (Å²) in [6.07, 6.45) is 0.949. The van der Waals surface area contributed by atoms with Gasteiger partial charge < -0.3 is 5.32 Å². The van der Waals surface area contributed by atoms with Crippen LogP contribution in [0, 0.1) is 6.92 Å². The number of H-pyrrole nitrogens is 1. The fraction of sp³-hybridized carbons (Fsp3) is 0.444. The first-order valence-corrected chi connectivity index (χ1v) is 8.11. The van der Waals surface area contributed by atoms with E-state index in [0.717, 1.165) is 24.2 Å². The summed E-state index contributed by atoms with van der Waals surface area (Å²) in [6.45, 7) is 8.93. The van der Waals surface area contributed by atoms with Gasteiger partial charge in [0.2, 0.25) is 0 Å². The molecule has 5 nitrogen and oxygen atoms in total. The number of aromatic amines is 1. The molecule has 0 radical (unpaired) electrons. The minimum Gasteiger partial charge on any atom is -0.310 e. The van der Waals surface area contributed by atoms with Crippen LogP contribution < -0.4 is 10.9 Å². The maximum atomic E-state index is 12.7. The highest BCUT2D eigenvalue weighted by Gasteiger charge is 2.23. The normalized spacial score (nSPS) is 11.2. The summed E-state index contributed by atoms with van der Waals surface area (Å²) in [5, 5.41) is 6.18. The number of rotatable bonds is 7. The summed E-state index contributed by atoms with van der Waals surface area (Å²) in [4.78, 5) is 25.2. The Morgan fingerprint density at radius 2 is 1.91 bits per heavy atom. The maximum Gasteiger partial charge on any atom is 0.282 e. The lowest BCUT2D eigenvalue weighted by atomic mass is 10.0. The number of aromatic nitrogens is 2. The summed E-state index contributed by atoms with van der Waals surface area (Å²) in [5.41, 5.74) is 2.55. The Kier molecular flexibility index (Phi) is 5.55. The molecule has 0 aliphatic carbocycles. The lowest BCUT2D eigenvalue weighted by Gasteiger charge is -2.05. The van der Waals surface area contributed by atoms with Crippen molar-refractivity contribution < 1.29 is 4.79 Å². The number of carbonyl (C=O) groups is 1. The zero-order chi connectivity index (χ0) is 17.0. The molecular weight excluding hydrogens is 290 g/mol. The second-order valence-electron chi connectivity index (χ2n) is 6.13. The van der Waals surface area contributed by atoms with Crippen molar-refractivity contribution in [3.63, 3.8) is 0 Å². The number of nitrogens with zero attached hydrogens (tertiary/aromatic N) is 1. The van der Waals surface area contributed by atoms with Gasteiger partial charge in [-0.2, -0.15) is 0 Å². The number of hydrogen-bond donors (Lipinski definition) is 2. The van der Waals surface area contributed by atoms with Gasteiger partial charge in [0, 0.05) is 0 Å². The first-order valence-electron chi connectivity index (χ1n) is 8.11. The molecule has 0 bridgehead atoms. The first-order chi connectivity index (χ1) is 11.0. The molecule has 2 aromatic rings. The Morgan fingerprint density at radius 1 is 1.26 bits per heavy atom. The summed E-state index contributed by atoms with van der Waals surface area (Å²) < 4.78 is 1.46. The van der Waals surface area contributed by atoms with Crippen molar-refractivity contribution in [3.05, 3.63) is 51.4 Å². The van der Waals surface area contributed by atoms with Crippen LogP contribution >= 0.6 is 0 Å². The summed E-state index contributed by atoms with van der Waals surface area (Å²) in [6, 6.07) is 7.64. The molecule has 0 amide bonds. The minimum absolute atomic E-state index is 0.0690. The van der Waals surface area contributed by atoms with Crippen molar-refractivity contribution in [2.45, 2.75) is 40.0 Å². The molecule has 0 aliphatic heterocycles. The van der Waals surface area contributed by atoms with Crippen LogP contribution in [0.4, 0.5) is 0 Å². The van der Waals surface area contributed by atoms with Gasteiger partial charge in [-0.1, -0.05) is 38.5 Å². The Morgan fingerprint density at radius 3 is 2.48 bits per heavy atom. The van der Waals surface area contributed by atoms with Crippen molar-refractivity contribution in [2.75, 3.05) is 13.1 Å². The number of benzene rings is 1. The molecule has 23 heavy (non-hydrogen) atoms. The Labute approximate surface area is 136 Å². The Balaban J connectivity index is 2.43. The van der Waals surface area contributed by atoms with E-state index in [2.05, 4.69) is 10.4 Å². The molecule has 0 saturated heterocycles. The number of nitrogens with one attached hydrogen (secondary N) is 2. The average Bonchev–Trinajstić information content (AvgIpc) is 2.86. The third kappa shape index (κ3) is 3.79. The number of ketones is 1. The van der Waals surface area contributed by atoms with Crippen LogP contribution in [0.5, 0.6) is 0 Å². The van der Waals surface area contributed by atoms with Crippen molar-refractivity contribution in [2.24, 2.45) is 0 Å². The van der Waals surface area contributed by atoms with Crippen molar-refractivity contribution in [1.82, 2.24) is 15.1 Å². The molecule has 2 N–H and O–H groups in total. The van der Waals surface area contributed by atoms with Crippen LogP contribution in [0.3, 0.4) is 0 Å². The van der Waals surface area contributed by atoms with Gasteiger partial charge in [-0.05, 0) is 37.9 Å². The minimum atomic E-state index is -0.277. The second-order valence-corrected chi connectivity index (χ2v) is 6.13. The van der Waals surface area contributed by atoms with E-state index < -0.39 is 0 Å². The van der Waals surface area contributed by atoms with E-state index in [1.54, 1.807) is 0 Å². The molecule has 0 aliphatic rings. The molecule has 1 aromatic heterocycles. The fourth-order valence-electron chi connectivity index (χ4n) is 2.48. The lowest BCUT2D eigenvalue weighted by Crippen LogP contribution is -2.29. The molecule has 0 saturated carbocycles. The highest BCUT2D eigenvalue weighted by atomic mass is 16.2. The first kappa shape index (κ1) is 17.2. The molecule has 2 rings (SSSR count). The summed E-state index contributed by atoms with van der Waals surface area (Å²) in [5.74, 6) is -0.0891. The van der Waals surface area contributed by atoms with Crippen molar-refractivity contribution in [3.8, 4) is 5.69 Å². The third-order valence-corrected chi connectivity index (χ3v) is 3.78. The lowest BCUT2D eigenvalue weighted by molar-refractivity contribution is 0.0989. The van der Waals surface area contributed by atoms with Gasteiger partial charge in [0.05, 0.1) is 17.9 Å². The molecule has 0 unspecified atom stereocenters. The van der Waals surface area contributed by atoms with Gasteiger partial charge in [-0.25, -0.2) is 4.68 Å². The van der Waals surface area contributed by atoms with Crippen LogP contribution in [0.15, 0.2) is 29.1 Å². The SMILES string of the molecule is CCCNCC(=O)c1c(C(C)C)[nH]n(-c2ccc(C)cc2)c1=O. The highest BCUT2D eigenvalue weighted by molar-refractivity contribution is 5.98. The molecule has 0 atom stereocenters. The molecule has 0 fully saturated rings. The van der Waals surface area contributed by atoms with E-state index in [1.807, 2.05) is 52.0 Å². The number of carbonyl (C=O) groups excluding carboxylic acids is 1. The number of Topliss-reactive ketones (excluding diaryl/α,β-unsaturated/α-hetero) is 1. The smallest absolute Gasteiger partial charge is 0.282 e. The molecule has 1 heterocycles. The van der Waals surface area contributed by atoms with Crippen LogP contribution in [-0.2, 0) is 0 Å². The molecular formula is C18H25N3O2. The van der Waals surface area contributed by atoms with Gasteiger partial charge >= 0.3 is 0 Å². The Bertz CT molecular complexity index is 724. The predicted octanol–water partition coefficient (Wildman–Crippen LogP) is 2.78. The average molecular weight is 315 g/mol. The van der Waals surface area contributed by atoms with Gasteiger partial charge in [0.25, 0.3) is 5.56 Å². The van der Waals surface area contributed by atoms with E-state index in [9.17, 15) is 9.59 Å². The van der Waals surface area contributed by atoms with Crippen LogP contribution in [0.25, 0.3) is 5.69 Å². The topological polar surface area (TPSA) is 66.9 Å². The fourth-order valence-corrected chi connectivity index (χ4v) is 2.48. The van der Waals surface area contributed by atoms with Crippen molar-refractivity contribution in [1.29, 1.82) is 0 Å². The summed E-state index contributed by atoms with van der Waals surface area (Å²) >= 11 is 0. The van der Waals surface area contributed by atoms with E-state index in [-0.39, 0.29) is 29.4 Å². The van der Waals surface area contributed by atoms with E-state index in [0.29, 0.717) is 5.69 Å². The third-order valence-electron chi connectivity index (χ3n) is 3.78. The largest absolute Gasteiger partial charge is 0.310 e. The van der Waals surface area contributed by atoms with Gasteiger partial charge in [-0.3, -0.25) is 14.7 Å². The Hall–Kier alpha value is -2.14. The van der Waals surface area contributed by atoms with Gasteiger partial charge in [-0.15, -0.1) is 0 Å².